The Kier molecular flexibility index (Phi) is 5.95. The molecule has 0 unspecified atom stereocenters. The molecule has 2 amide bonds. The summed E-state index contributed by atoms with van der Waals surface area (Å²) in [5.41, 5.74) is 0.462. The Hall–Kier alpha value is -3.89. The van der Waals surface area contributed by atoms with Gasteiger partial charge in [0.05, 0.1) is 35.8 Å². The number of rotatable bonds is 5. The molecule has 0 bridgehead atoms. The smallest absolute Gasteiger partial charge is 0.417 e. The van der Waals surface area contributed by atoms with Crippen molar-refractivity contribution >= 4 is 23.2 Å². The number of carbonyl (C=O) groups excluding carboxylic acids is 2. The summed E-state index contributed by atoms with van der Waals surface area (Å²) in [5.74, 6) is -0.288. The Bertz CT molecular complexity index is 1120. The monoisotopic (exact) mass is 433 g/mol. The molecule has 0 aliphatic carbocycles. The van der Waals surface area contributed by atoms with Gasteiger partial charge in [0.25, 0.3) is 5.91 Å². The molecule has 11 heteroatoms. The van der Waals surface area contributed by atoms with Crippen LogP contribution in [-0.4, -0.2) is 33.7 Å². The lowest BCUT2D eigenvalue weighted by Gasteiger charge is -2.12. The van der Waals surface area contributed by atoms with Crippen molar-refractivity contribution in [1.82, 2.24) is 14.8 Å². The molecule has 0 fully saturated rings. The number of pyridine rings is 1. The van der Waals surface area contributed by atoms with E-state index in [1.807, 2.05) is 0 Å². The van der Waals surface area contributed by atoms with Crippen LogP contribution in [0.1, 0.15) is 28.5 Å². The number of hydrogen-bond acceptors (Lipinski definition) is 5. The Morgan fingerprint density at radius 3 is 2.42 bits per heavy atom. The second-order valence-corrected chi connectivity index (χ2v) is 6.51. The minimum absolute atomic E-state index is 0.134. The summed E-state index contributed by atoms with van der Waals surface area (Å²) < 4.78 is 44.7. The molecule has 0 saturated heterocycles. The molecule has 0 saturated carbocycles. The molecular weight excluding hydrogens is 415 g/mol. The highest BCUT2D eigenvalue weighted by atomic mass is 19.4. The lowest BCUT2D eigenvalue weighted by Crippen LogP contribution is -2.15. The molecule has 8 nitrogen and oxygen atoms in total. The van der Waals surface area contributed by atoms with Gasteiger partial charge in [0.15, 0.2) is 5.82 Å². The summed E-state index contributed by atoms with van der Waals surface area (Å²) in [6.45, 7) is 2.95. The number of nitrogens with zero attached hydrogens (tertiary/aromatic N) is 3. The third-order valence-electron chi connectivity index (χ3n) is 4.31. The van der Waals surface area contributed by atoms with E-state index >= 15 is 0 Å². The number of halogens is 3. The van der Waals surface area contributed by atoms with E-state index in [0.29, 0.717) is 29.0 Å². The van der Waals surface area contributed by atoms with Gasteiger partial charge in [-0.3, -0.25) is 9.59 Å². The number of alkyl halides is 3. The Morgan fingerprint density at radius 2 is 1.84 bits per heavy atom. The van der Waals surface area contributed by atoms with Gasteiger partial charge >= 0.3 is 6.18 Å². The highest BCUT2D eigenvalue weighted by Gasteiger charge is 2.30. The summed E-state index contributed by atoms with van der Waals surface area (Å²) >= 11 is 0. The molecular formula is C20H18F3N5O3. The maximum atomic E-state index is 12.8. The van der Waals surface area contributed by atoms with Crippen molar-refractivity contribution in [3.05, 3.63) is 59.5 Å². The lowest BCUT2D eigenvalue weighted by molar-refractivity contribution is -0.137. The molecule has 2 N–H and O–H groups in total. The minimum Gasteiger partial charge on any atom is -0.495 e. The predicted molar refractivity (Wildman–Crippen MR) is 106 cm³/mol. The maximum absolute atomic E-state index is 12.8. The number of amides is 2. The lowest BCUT2D eigenvalue weighted by atomic mass is 10.2. The summed E-state index contributed by atoms with van der Waals surface area (Å²) in [5, 5.41) is 9.36. The first-order valence-corrected chi connectivity index (χ1v) is 8.95. The fourth-order valence-corrected chi connectivity index (χ4v) is 2.82. The van der Waals surface area contributed by atoms with Crippen LogP contribution < -0.4 is 15.4 Å². The molecule has 3 aromatic rings. The molecule has 0 spiro atoms. The predicted octanol–water partition coefficient (Wildman–Crippen LogP) is 3.81. The van der Waals surface area contributed by atoms with Crippen molar-refractivity contribution in [1.29, 1.82) is 0 Å². The molecule has 0 aliphatic heterocycles. The third kappa shape index (κ3) is 4.82. The number of carbonyl (C=O) groups is 2. The molecule has 2 aromatic heterocycles. The molecule has 162 valence electrons. The highest BCUT2D eigenvalue weighted by Crippen LogP contribution is 2.30. The number of benzene rings is 1. The van der Waals surface area contributed by atoms with Crippen molar-refractivity contribution in [2.24, 2.45) is 0 Å². The van der Waals surface area contributed by atoms with Crippen molar-refractivity contribution < 1.29 is 27.5 Å². The van der Waals surface area contributed by atoms with E-state index in [1.165, 1.54) is 37.0 Å². The van der Waals surface area contributed by atoms with Crippen LogP contribution >= 0.6 is 0 Å². The standard InChI is InChI=1S/C20H18F3N5O3/c1-11-15(10-25-28(11)18-7-4-13(9-24-18)20(21,22)23)19(30)27-16-8-14(26-12(2)29)5-6-17(16)31-3/h4-10H,1-3H3,(H,26,29)(H,27,30). The first-order chi connectivity index (χ1) is 14.6. The topological polar surface area (TPSA) is 98.1 Å². The SMILES string of the molecule is COc1ccc(NC(C)=O)cc1NC(=O)c1cnn(-c2ccc(C(F)(F)F)cn2)c1C. The normalized spacial score (nSPS) is 11.2. The van der Waals surface area contributed by atoms with Crippen molar-refractivity contribution in [3.8, 4) is 11.6 Å². The van der Waals surface area contributed by atoms with Crippen LogP contribution in [0.2, 0.25) is 0 Å². The van der Waals surface area contributed by atoms with Crippen LogP contribution in [-0.2, 0) is 11.0 Å². The van der Waals surface area contributed by atoms with Gasteiger partial charge in [0, 0.05) is 18.8 Å². The van der Waals surface area contributed by atoms with Gasteiger partial charge in [-0.2, -0.15) is 18.3 Å². The summed E-state index contributed by atoms with van der Waals surface area (Å²) in [6, 6.07) is 6.81. The fraction of sp³-hybridized carbons (Fsp3) is 0.200. The van der Waals surface area contributed by atoms with Crippen molar-refractivity contribution in [2.45, 2.75) is 20.0 Å². The van der Waals surface area contributed by atoms with Gasteiger partial charge in [0.1, 0.15) is 5.75 Å². The fourth-order valence-electron chi connectivity index (χ4n) is 2.82. The van der Waals surface area contributed by atoms with Gasteiger partial charge in [-0.1, -0.05) is 0 Å². The van der Waals surface area contributed by atoms with E-state index in [4.69, 9.17) is 4.74 Å². The van der Waals surface area contributed by atoms with E-state index in [0.717, 1.165) is 6.07 Å². The second kappa shape index (κ2) is 8.46. The average molecular weight is 433 g/mol. The maximum Gasteiger partial charge on any atom is 0.417 e. The molecule has 31 heavy (non-hydrogen) atoms. The highest BCUT2D eigenvalue weighted by molar-refractivity contribution is 6.06. The first kappa shape index (κ1) is 21.8. The van der Waals surface area contributed by atoms with Gasteiger partial charge < -0.3 is 15.4 Å². The number of aromatic nitrogens is 3. The van der Waals surface area contributed by atoms with E-state index < -0.39 is 17.6 Å². The van der Waals surface area contributed by atoms with Crippen LogP contribution in [0.3, 0.4) is 0 Å². The molecule has 0 aliphatic rings. The zero-order chi connectivity index (χ0) is 22.8. The number of anilines is 2. The van der Waals surface area contributed by atoms with Crippen molar-refractivity contribution in [2.75, 3.05) is 17.7 Å². The Balaban J connectivity index is 1.86. The Morgan fingerprint density at radius 1 is 1.10 bits per heavy atom. The van der Waals surface area contributed by atoms with Gasteiger partial charge in [-0.05, 0) is 37.3 Å². The number of ether oxygens (including phenoxy) is 1. The summed E-state index contributed by atoms with van der Waals surface area (Å²) in [7, 11) is 1.43. The van der Waals surface area contributed by atoms with Gasteiger partial charge in [-0.25, -0.2) is 9.67 Å². The largest absolute Gasteiger partial charge is 0.495 e. The minimum atomic E-state index is -4.50. The quantitative estimate of drug-likeness (QED) is 0.638. The molecule has 2 heterocycles. The van der Waals surface area contributed by atoms with E-state index in [-0.39, 0.29) is 17.3 Å². The third-order valence-corrected chi connectivity index (χ3v) is 4.31. The van der Waals surface area contributed by atoms with Gasteiger partial charge in [-0.15, -0.1) is 0 Å². The summed E-state index contributed by atoms with van der Waals surface area (Å²) in [4.78, 5) is 27.8. The average Bonchev–Trinajstić information content (AvgIpc) is 3.08. The van der Waals surface area contributed by atoms with E-state index in [1.54, 1.807) is 19.1 Å². The zero-order valence-electron chi connectivity index (χ0n) is 16.7. The zero-order valence-corrected chi connectivity index (χ0v) is 16.7. The van der Waals surface area contributed by atoms with Crippen LogP contribution in [0, 0.1) is 6.92 Å². The van der Waals surface area contributed by atoms with Crippen LogP contribution in [0.25, 0.3) is 5.82 Å². The number of methoxy groups -OCH3 is 1. The van der Waals surface area contributed by atoms with Crippen molar-refractivity contribution in [3.63, 3.8) is 0 Å². The molecule has 1 aromatic carbocycles. The first-order valence-electron chi connectivity index (χ1n) is 8.95. The molecule has 0 atom stereocenters. The second-order valence-electron chi connectivity index (χ2n) is 6.51. The van der Waals surface area contributed by atoms with Crippen LogP contribution in [0.4, 0.5) is 24.5 Å². The van der Waals surface area contributed by atoms with Gasteiger partial charge in [0.2, 0.25) is 5.91 Å². The molecule has 0 radical (unpaired) electrons. The van der Waals surface area contributed by atoms with Crippen LogP contribution in [0.15, 0.2) is 42.7 Å². The molecule has 3 rings (SSSR count). The number of hydrogen-bond donors (Lipinski definition) is 2. The summed E-state index contributed by atoms with van der Waals surface area (Å²) in [6.07, 6.45) is -2.51. The van der Waals surface area contributed by atoms with Crippen LogP contribution in [0.5, 0.6) is 5.75 Å². The number of nitrogens with one attached hydrogen (secondary N) is 2. The van der Waals surface area contributed by atoms with E-state index in [2.05, 4.69) is 20.7 Å². The Labute approximate surface area is 175 Å². The van der Waals surface area contributed by atoms with E-state index in [9.17, 15) is 22.8 Å².